The van der Waals surface area contributed by atoms with Crippen LogP contribution in [0.5, 0.6) is 0 Å². The molecule has 2 bridgehead atoms. The molecule has 0 aliphatic carbocycles. The molecule has 2 aromatic rings. The van der Waals surface area contributed by atoms with E-state index in [-0.39, 0.29) is 29.8 Å². The number of carbonyl (C=O) groups is 2. The van der Waals surface area contributed by atoms with Gasteiger partial charge in [0.05, 0.1) is 5.92 Å². The molecule has 0 N–H and O–H groups in total. The Labute approximate surface area is 160 Å². The first kappa shape index (κ1) is 17.8. The van der Waals surface area contributed by atoms with E-state index >= 15 is 0 Å². The number of aromatic nitrogens is 1. The van der Waals surface area contributed by atoms with Crippen molar-refractivity contribution in [1.29, 1.82) is 0 Å². The first-order valence-corrected chi connectivity index (χ1v) is 9.85. The van der Waals surface area contributed by atoms with Gasteiger partial charge in [-0.2, -0.15) is 0 Å². The molecular formula is C22H27N3O2. The third kappa shape index (κ3) is 3.38. The van der Waals surface area contributed by atoms with Gasteiger partial charge in [0.2, 0.25) is 5.91 Å². The summed E-state index contributed by atoms with van der Waals surface area (Å²) < 4.78 is 2.01. The van der Waals surface area contributed by atoms with Crippen LogP contribution in [0.15, 0.2) is 48.7 Å². The van der Waals surface area contributed by atoms with Gasteiger partial charge >= 0.3 is 0 Å². The summed E-state index contributed by atoms with van der Waals surface area (Å²) in [4.78, 5) is 30.1. The minimum Gasteiger partial charge on any atom is -0.341 e. The monoisotopic (exact) mass is 365 g/mol. The van der Waals surface area contributed by atoms with Crippen molar-refractivity contribution in [2.45, 2.75) is 45.3 Å². The molecule has 1 aromatic carbocycles. The number of benzene rings is 1. The Hall–Kier alpha value is -2.56. The maximum Gasteiger partial charge on any atom is 0.270 e. The zero-order valence-corrected chi connectivity index (χ0v) is 16.0. The van der Waals surface area contributed by atoms with Crippen molar-refractivity contribution in [2.24, 2.45) is 5.92 Å². The number of nitrogens with zero attached hydrogens (tertiary/aromatic N) is 3. The molecule has 27 heavy (non-hydrogen) atoms. The highest BCUT2D eigenvalue weighted by atomic mass is 16.2. The van der Waals surface area contributed by atoms with Gasteiger partial charge in [-0.05, 0) is 44.4 Å². The third-order valence-corrected chi connectivity index (χ3v) is 5.83. The lowest BCUT2D eigenvalue weighted by Crippen LogP contribution is -2.47. The van der Waals surface area contributed by atoms with E-state index in [0.717, 1.165) is 18.4 Å². The topological polar surface area (TPSA) is 45.6 Å². The fourth-order valence-electron chi connectivity index (χ4n) is 4.38. The van der Waals surface area contributed by atoms with Crippen molar-refractivity contribution in [2.75, 3.05) is 13.1 Å². The molecule has 2 amide bonds. The predicted octanol–water partition coefficient (Wildman–Crippen LogP) is 3.33. The lowest BCUT2D eigenvalue weighted by atomic mass is 9.93. The number of hydrogen-bond donors (Lipinski definition) is 0. The molecule has 142 valence electrons. The van der Waals surface area contributed by atoms with Gasteiger partial charge in [0, 0.05) is 37.9 Å². The zero-order valence-electron chi connectivity index (χ0n) is 16.0. The van der Waals surface area contributed by atoms with E-state index in [9.17, 15) is 9.59 Å². The fourth-order valence-corrected chi connectivity index (χ4v) is 4.38. The number of hydrogen-bond acceptors (Lipinski definition) is 2. The van der Waals surface area contributed by atoms with Gasteiger partial charge in [-0.25, -0.2) is 0 Å². The summed E-state index contributed by atoms with van der Waals surface area (Å²) >= 11 is 0. The summed E-state index contributed by atoms with van der Waals surface area (Å²) in [7, 11) is 0. The second-order valence-corrected chi connectivity index (χ2v) is 7.98. The minimum atomic E-state index is -0.0844. The minimum absolute atomic E-state index is 0.0416. The van der Waals surface area contributed by atoms with Crippen LogP contribution in [0.4, 0.5) is 0 Å². The lowest BCUT2D eigenvalue weighted by molar-refractivity contribution is -0.140. The molecule has 5 heteroatoms. The third-order valence-electron chi connectivity index (χ3n) is 5.83. The molecule has 0 spiro atoms. The lowest BCUT2D eigenvalue weighted by Gasteiger charge is -2.36. The largest absolute Gasteiger partial charge is 0.341 e. The van der Waals surface area contributed by atoms with E-state index in [0.29, 0.717) is 25.3 Å². The highest BCUT2D eigenvalue weighted by Crippen LogP contribution is 2.31. The Kier molecular flexibility index (Phi) is 4.77. The summed E-state index contributed by atoms with van der Waals surface area (Å²) in [5, 5.41) is 0. The second-order valence-electron chi connectivity index (χ2n) is 7.98. The van der Waals surface area contributed by atoms with Gasteiger partial charge in [-0.15, -0.1) is 0 Å². The molecule has 3 saturated heterocycles. The van der Waals surface area contributed by atoms with Gasteiger partial charge in [0.15, 0.2) is 0 Å². The van der Waals surface area contributed by atoms with Crippen molar-refractivity contribution in [3.8, 4) is 0 Å². The highest BCUT2D eigenvalue weighted by molar-refractivity contribution is 5.93. The Morgan fingerprint density at radius 1 is 1.07 bits per heavy atom. The van der Waals surface area contributed by atoms with Crippen LogP contribution in [0.1, 0.15) is 48.8 Å². The second kappa shape index (κ2) is 7.22. The van der Waals surface area contributed by atoms with E-state index < -0.39 is 0 Å². The fraction of sp³-hybridized carbons (Fsp3) is 0.455. The summed E-state index contributed by atoms with van der Waals surface area (Å²) in [6.45, 7) is 5.94. The van der Waals surface area contributed by atoms with Crippen LogP contribution in [0.25, 0.3) is 0 Å². The van der Waals surface area contributed by atoms with E-state index in [1.807, 2.05) is 50.9 Å². The van der Waals surface area contributed by atoms with Crippen LogP contribution in [0.3, 0.4) is 0 Å². The van der Waals surface area contributed by atoms with E-state index in [1.54, 1.807) is 0 Å². The predicted molar refractivity (Wildman–Crippen MR) is 104 cm³/mol. The molecular weight excluding hydrogens is 338 g/mol. The van der Waals surface area contributed by atoms with Crippen molar-refractivity contribution in [3.63, 3.8) is 0 Å². The standard InChI is InChI=1S/C22H27N3O2/c1-16(2)24-12-6-9-20(24)22(27)23-14-18-10-11-19(15-23)25(21(18)26)13-17-7-4-3-5-8-17/h3-9,12,16,18-19H,10-11,13-15H2,1-2H3. The molecule has 3 aliphatic heterocycles. The van der Waals surface area contributed by atoms with Crippen molar-refractivity contribution < 1.29 is 9.59 Å². The zero-order chi connectivity index (χ0) is 19.0. The average molecular weight is 365 g/mol. The summed E-state index contributed by atoms with van der Waals surface area (Å²) in [6, 6.07) is 14.3. The normalized spacial score (nSPS) is 22.4. The van der Waals surface area contributed by atoms with Gasteiger partial charge in [0.1, 0.15) is 5.69 Å². The number of fused-ring (bicyclic) bond motifs is 4. The van der Waals surface area contributed by atoms with E-state index in [4.69, 9.17) is 0 Å². The number of amides is 2. The summed E-state index contributed by atoms with van der Waals surface area (Å²) in [5.74, 6) is 0.156. The Morgan fingerprint density at radius 2 is 1.85 bits per heavy atom. The molecule has 3 fully saturated rings. The maximum atomic E-state index is 13.2. The van der Waals surface area contributed by atoms with Crippen LogP contribution >= 0.6 is 0 Å². The molecule has 0 saturated carbocycles. The first-order valence-electron chi connectivity index (χ1n) is 9.85. The summed E-state index contributed by atoms with van der Waals surface area (Å²) in [5.41, 5.74) is 1.86. The molecule has 5 nitrogen and oxygen atoms in total. The Balaban J connectivity index is 1.56. The van der Waals surface area contributed by atoms with Crippen molar-refractivity contribution in [3.05, 3.63) is 59.9 Å². The summed E-state index contributed by atoms with van der Waals surface area (Å²) in [6.07, 6.45) is 3.80. The molecule has 1 aromatic heterocycles. The Bertz CT molecular complexity index is 827. The maximum absolute atomic E-state index is 13.2. The number of rotatable bonds is 4. The van der Waals surface area contributed by atoms with Gasteiger partial charge in [-0.3, -0.25) is 9.59 Å². The first-order chi connectivity index (χ1) is 13.0. The van der Waals surface area contributed by atoms with E-state index in [1.165, 1.54) is 0 Å². The average Bonchev–Trinajstić information content (AvgIpc) is 3.01. The van der Waals surface area contributed by atoms with Crippen molar-refractivity contribution in [1.82, 2.24) is 14.4 Å². The van der Waals surface area contributed by atoms with Crippen LogP contribution in [-0.4, -0.2) is 45.3 Å². The van der Waals surface area contributed by atoms with Crippen LogP contribution in [0, 0.1) is 5.92 Å². The van der Waals surface area contributed by atoms with Crippen LogP contribution < -0.4 is 0 Å². The molecule has 5 rings (SSSR count). The number of piperidine rings is 1. The molecule has 3 aliphatic rings. The quantitative estimate of drug-likeness (QED) is 0.834. The smallest absolute Gasteiger partial charge is 0.270 e. The van der Waals surface area contributed by atoms with Crippen LogP contribution in [-0.2, 0) is 11.3 Å². The highest BCUT2D eigenvalue weighted by Gasteiger charge is 2.42. The molecule has 2 unspecified atom stereocenters. The van der Waals surface area contributed by atoms with Gasteiger partial charge < -0.3 is 14.4 Å². The van der Waals surface area contributed by atoms with Crippen molar-refractivity contribution >= 4 is 11.8 Å². The molecule has 0 radical (unpaired) electrons. The number of carbonyl (C=O) groups excluding carboxylic acids is 2. The Morgan fingerprint density at radius 3 is 2.59 bits per heavy atom. The van der Waals surface area contributed by atoms with Gasteiger partial charge in [0.25, 0.3) is 5.91 Å². The van der Waals surface area contributed by atoms with Crippen LogP contribution in [0.2, 0.25) is 0 Å². The SMILES string of the molecule is CC(C)n1cccc1C(=O)N1CC2CCC(C1)N(Cc1ccccc1)C2=O. The molecule has 2 atom stereocenters. The van der Waals surface area contributed by atoms with E-state index in [2.05, 4.69) is 26.0 Å². The van der Waals surface area contributed by atoms with Gasteiger partial charge in [-0.1, -0.05) is 30.3 Å². The molecule has 4 heterocycles.